The van der Waals surface area contributed by atoms with Gasteiger partial charge in [0.2, 0.25) is 10.0 Å². The Labute approximate surface area is 171 Å². The Balaban J connectivity index is 1.83. The maximum atomic E-state index is 12.6. The molecule has 0 radical (unpaired) electrons. The zero-order chi connectivity index (χ0) is 21.3. The lowest BCUT2D eigenvalue weighted by molar-refractivity contribution is -0.143. The number of nitrogens with zero attached hydrogens (tertiary/aromatic N) is 1. The van der Waals surface area contributed by atoms with Crippen molar-refractivity contribution in [1.82, 2.24) is 9.62 Å². The molecule has 1 saturated heterocycles. The van der Waals surface area contributed by atoms with Crippen molar-refractivity contribution in [3.05, 3.63) is 35.9 Å². The number of rotatable bonds is 9. The summed E-state index contributed by atoms with van der Waals surface area (Å²) in [5, 5.41) is 2.68. The van der Waals surface area contributed by atoms with E-state index in [4.69, 9.17) is 9.47 Å². The van der Waals surface area contributed by atoms with Gasteiger partial charge in [-0.05, 0) is 36.1 Å². The second-order valence-electron chi connectivity index (χ2n) is 7.06. The lowest BCUT2D eigenvalue weighted by Gasteiger charge is -2.26. The summed E-state index contributed by atoms with van der Waals surface area (Å²) in [5.41, 5.74) is 0.643. The Bertz CT molecular complexity index is 812. The van der Waals surface area contributed by atoms with Crippen molar-refractivity contribution < 1.29 is 27.5 Å². The van der Waals surface area contributed by atoms with Crippen LogP contribution in [0.5, 0.6) is 0 Å². The summed E-state index contributed by atoms with van der Waals surface area (Å²) in [6.07, 6.45) is 3.56. The zero-order valence-electron chi connectivity index (χ0n) is 16.8. The second kappa shape index (κ2) is 11.1. The standard InChI is InChI=1S/C20H28N2O6S/c1-16(2)9-10-21-19(23)15-28-20(24)8-5-17-3-6-18(7-4-17)29(25,26)22-11-13-27-14-12-22/h3-8,16H,9-15H2,1-2H3,(H,21,23)/b8-5+. The molecular weight excluding hydrogens is 396 g/mol. The molecule has 0 atom stereocenters. The van der Waals surface area contributed by atoms with Crippen LogP contribution in [0.2, 0.25) is 0 Å². The largest absolute Gasteiger partial charge is 0.452 e. The van der Waals surface area contributed by atoms with Crippen LogP contribution in [0.15, 0.2) is 35.2 Å². The van der Waals surface area contributed by atoms with Gasteiger partial charge in [-0.1, -0.05) is 26.0 Å². The fraction of sp³-hybridized carbons (Fsp3) is 0.500. The van der Waals surface area contributed by atoms with Gasteiger partial charge in [0.1, 0.15) is 0 Å². The number of hydrogen-bond donors (Lipinski definition) is 1. The van der Waals surface area contributed by atoms with Crippen molar-refractivity contribution in [3.8, 4) is 0 Å². The maximum absolute atomic E-state index is 12.6. The molecule has 0 bridgehead atoms. The van der Waals surface area contributed by atoms with Crippen LogP contribution < -0.4 is 5.32 Å². The molecule has 0 unspecified atom stereocenters. The molecule has 1 heterocycles. The first kappa shape index (κ1) is 23.1. The molecule has 1 amide bonds. The highest BCUT2D eigenvalue weighted by molar-refractivity contribution is 7.89. The third-order valence-corrected chi connectivity index (χ3v) is 6.20. The number of morpholine rings is 1. The predicted molar refractivity (Wildman–Crippen MR) is 108 cm³/mol. The lowest BCUT2D eigenvalue weighted by atomic mass is 10.1. The number of benzene rings is 1. The molecule has 1 fully saturated rings. The molecule has 0 aliphatic carbocycles. The van der Waals surface area contributed by atoms with Gasteiger partial charge in [-0.15, -0.1) is 0 Å². The molecule has 1 aliphatic heterocycles. The number of amides is 1. The molecule has 0 saturated carbocycles. The van der Waals surface area contributed by atoms with E-state index in [9.17, 15) is 18.0 Å². The smallest absolute Gasteiger partial charge is 0.331 e. The topological polar surface area (TPSA) is 102 Å². The molecule has 1 N–H and O–H groups in total. The third kappa shape index (κ3) is 7.60. The van der Waals surface area contributed by atoms with Gasteiger partial charge in [0.25, 0.3) is 5.91 Å². The van der Waals surface area contributed by atoms with Crippen molar-refractivity contribution in [3.63, 3.8) is 0 Å². The molecule has 1 aliphatic rings. The first-order valence-corrected chi connectivity index (χ1v) is 11.0. The van der Waals surface area contributed by atoms with E-state index in [-0.39, 0.29) is 17.4 Å². The Morgan fingerprint density at radius 3 is 2.48 bits per heavy atom. The van der Waals surface area contributed by atoms with Gasteiger partial charge in [0.05, 0.1) is 18.1 Å². The minimum atomic E-state index is -3.55. The number of esters is 1. The Morgan fingerprint density at radius 1 is 1.21 bits per heavy atom. The highest BCUT2D eigenvalue weighted by Crippen LogP contribution is 2.18. The van der Waals surface area contributed by atoms with Crippen molar-refractivity contribution in [2.45, 2.75) is 25.2 Å². The van der Waals surface area contributed by atoms with Crippen LogP contribution in [0.3, 0.4) is 0 Å². The number of carbonyl (C=O) groups is 2. The highest BCUT2D eigenvalue weighted by atomic mass is 32.2. The van der Waals surface area contributed by atoms with E-state index in [2.05, 4.69) is 19.2 Å². The number of nitrogens with one attached hydrogen (secondary N) is 1. The number of hydrogen-bond acceptors (Lipinski definition) is 6. The van der Waals surface area contributed by atoms with Gasteiger partial charge in [0.15, 0.2) is 6.61 Å². The minimum absolute atomic E-state index is 0.192. The van der Waals surface area contributed by atoms with Gasteiger partial charge in [-0.3, -0.25) is 4.79 Å². The van der Waals surface area contributed by atoms with Crippen LogP contribution in [-0.2, 0) is 29.1 Å². The average molecular weight is 425 g/mol. The van der Waals surface area contributed by atoms with Crippen LogP contribution in [0.4, 0.5) is 0 Å². The number of sulfonamides is 1. The van der Waals surface area contributed by atoms with E-state index in [1.807, 2.05) is 0 Å². The first-order chi connectivity index (χ1) is 13.8. The minimum Gasteiger partial charge on any atom is -0.452 e. The van der Waals surface area contributed by atoms with Crippen molar-refractivity contribution in [2.75, 3.05) is 39.5 Å². The van der Waals surface area contributed by atoms with Gasteiger partial charge in [0, 0.05) is 25.7 Å². The summed E-state index contributed by atoms with van der Waals surface area (Å²) in [5.74, 6) is -0.505. The van der Waals surface area contributed by atoms with E-state index in [1.54, 1.807) is 12.1 Å². The number of ether oxygens (including phenoxy) is 2. The van der Waals surface area contributed by atoms with Gasteiger partial charge < -0.3 is 14.8 Å². The summed E-state index contributed by atoms with van der Waals surface area (Å²) in [7, 11) is -3.55. The van der Waals surface area contributed by atoms with Gasteiger partial charge in [-0.2, -0.15) is 4.31 Å². The molecule has 0 aromatic heterocycles. The summed E-state index contributed by atoms with van der Waals surface area (Å²) in [6.45, 7) is 5.77. The molecular formula is C20H28N2O6S. The maximum Gasteiger partial charge on any atom is 0.331 e. The third-order valence-electron chi connectivity index (χ3n) is 4.29. The highest BCUT2D eigenvalue weighted by Gasteiger charge is 2.25. The number of carbonyl (C=O) groups excluding carboxylic acids is 2. The quantitative estimate of drug-likeness (QED) is 0.475. The molecule has 8 nitrogen and oxygen atoms in total. The monoisotopic (exact) mass is 424 g/mol. The summed E-state index contributed by atoms with van der Waals surface area (Å²) < 4.78 is 36.6. The van der Waals surface area contributed by atoms with Crippen LogP contribution in [0.1, 0.15) is 25.8 Å². The molecule has 2 rings (SSSR count). The van der Waals surface area contributed by atoms with Gasteiger partial charge >= 0.3 is 5.97 Å². The van der Waals surface area contributed by atoms with E-state index in [1.165, 1.54) is 28.6 Å². The fourth-order valence-electron chi connectivity index (χ4n) is 2.59. The zero-order valence-corrected chi connectivity index (χ0v) is 17.6. The van der Waals surface area contributed by atoms with Crippen molar-refractivity contribution in [2.24, 2.45) is 5.92 Å². The Hall–Kier alpha value is -2.23. The molecule has 1 aromatic carbocycles. The first-order valence-electron chi connectivity index (χ1n) is 9.58. The molecule has 160 valence electrons. The van der Waals surface area contributed by atoms with Gasteiger partial charge in [-0.25, -0.2) is 13.2 Å². The normalized spacial score (nSPS) is 15.6. The van der Waals surface area contributed by atoms with Crippen LogP contribution >= 0.6 is 0 Å². The molecule has 0 spiro atoms. The summed E-state index contributed by atoms with van der Waals surface area (Å²) in [6, 6.07) is 6.21. The predicted octanol–water partition coefficient (Wildman–Crippen LogP) is 1.43. The SMILES string of the molecule is CC(C)CCNC(=O)COC(=O)/C=C/c1ccc(S(=O)(=O)N2CCOCC2)cc1. The Morgan fingerprint density at radius 2 is 1.86 bits per heavy atom. The van der Waals surface area contributed by atoms with E-state index in [0.717, 1.165) is 6.42 Å². The van der Waals surface area contributed by atoms with Crippen LogP contribution in [-0.4, -0.2) is 64.1 Å². The molecule has 1 aromatic rings. The molecule has 29 heavy (non-hydrogen) atoms. The lowest BCUT2D eigenvalue weighted by Crippen LogP contribution is -2.40. The summed E-state index contributed by atoms with van der Waals surface area (Å²) >= 11 is 0. The van der Waals surface area contributed by atoms with E-state index < -0.39 is 16.0 Å². The van der Waals surface area contributed by atoms with E-state index >= 15 is 0 Å². The molecule has 9 heteroatoms. The average Bonchev–Trinajstić information content (AvgIpc) is 2.71. The second-order valence-corrected chi connectivity index (χ2v) is 9.00. The van der Waals surface area contributed by atoms with Crippen LogP contribution in [0.25, 0.3) is 6.08 Å². The summed E-state index contributed by atoms with van der Waals surface area (Å²) in [4.78, 5) is 23.5. The Kier molecular flexibility index (Phi) is 8.81. The van der Waals surface area contributed by atoms with Crippen molar-refractivity contribution >= 4 is 28.0 Å². The fourth-order valence-corrected chi connectivity index (χ4v) is 4.00. The van der Waals surface area contributed by atoms with Crippen LogP contribution in [0, 0.1) is 5.92 Å². The van der Waals surface area contributed by atoms with E-state index in [0.29, 0.717) is 44.3 Å². The van der Waals surface area contributed by atoms with Crippen molar-refractivity contribution in [1.29, 1.82) is 0 Å².